The molecule has 0 aliphatic heterocycles. The minimum Gasteiger partial charge on any atom is -0.355 e. The van der Waals surface area contributed by atoms with E-state index in [1.165, 1.54) is 5.56 Å². The van der Waals surface area contributed by atoms with Crippen LogP contribution < -0.4 is 10.6 Å². The van der Waals surface area contributed by atoms with Crippen LogP contribution in [0.5, 0.6) is 0 Å². The van der Waals surface area contributed by atoms with Crippen LogP contribution in [0.3, 0.4) is 0 Å². The number of carbonyl (C=O) groups excluding carboxylic acids is 2. The summed E-state index contributed by atoms with van der Waals surface area (Å²) in [4.78, 5) is 24.3. The topological polar surface area (TPSA) is 58.2 Å². The number of hydrogen-bond acceptors (Lipinski definition) is 2. The second-order valence-corrected chi connectivity index (χ2v) is 6.17. The Morgan fingerprint density at radius 2 is 1.81 bits per heavy atom. The Bertz CT molecular complexity index is 519. The first-order valence-corrected chi connectivity index (χ1v) is 7.84. The molecule has 1 aromatic carbocycles. The fourth-order valence-corrected chi connectivity index (χ4v) is 2.54. The molecule has 2 amide bonds. The van der Waals surface area contributed by atoms with Crippen molar-refractivity contribution in [1.82, 2.24) is 10.6 Å². The average Bonchev–Trinajstić information content (AvgIpc) is 3.37. The van der Waals surface area contributed by atoms with Crippen LogP contribution in [-0.2, 0) is 16.0 Å². The molecular weight excluding hydrogens is 264 g/mol. The van der Waals surface area contributed by atoms with Gasteiger partial charge in [-0.25, -0.2) is 0 Å². The number of hydrogen-bond donors (Lipinski definition) is 2. The van der Waals surface area contributed by atoms with Gasteiger partial charge in [-0.15, -0.1) is 0 Å². The summed E-state index contributed by atoms with van der Waals surface area (Å²) in [7, 11) is 0. The lowest BCUT2D eigenvalue weighted by Crippen LogP contribution is -2.44. The molecular formula is C17H22N2O2. The van der Waals surface area contributed by atoms with Crippen LogP contribution in [0, 0.1) is 5.41 Å². The van der Waals surface area contributed by atoms with E-state index in [1.807, 2.05) is 18.2 Å². The molecule has 2 aliphatic carbocycles. The smallest absolute Gasteiger partial charge is 0.235 e. The molecule has 0 atom stereocenters. The van der Waals surface area contributed by atoms with Gasteiger partial charge in [-0.3, -0.25) is 9.59 Å². The Morgan fingerprint density at radius 3 is 2.43 bits per heavy atom. The van der Waals surface area contributed by atoms with Crippen molar-refractivity contribution in [3.8, 4) is 0 Å². The Hall–Kier alpha value is -1.84. The predicted octanol–water partition coefficient (Wildman–Crippen LogP) is 1.79. The van der Waals surface area contributed by atoms with Crippen molar-refractivity contribution in [2.45, 2.75) is 44.6 Å². The van der Waals surface area contributed by atoms with Gasteiger partial charge < -0.3 is 10.6 Å². The molecule has 3 rings (SSSR count). The van der Waals surface area contributed by atoms with Crippen LogP contribution in [0.1, 0.15) is 37.7 Å². The van der Waals surface area contributed by atoms with Gasteiger partial charge in [0.1, 0.15) is 5.41 Å². The number of nitrogens with one attached hydrogen (secondary N) is 2. The lowest BCUT2D eigenvalue weighted by Gasteiger charge is -2.15. The molecule has 4 nitrogen and oxygen atoms in total. The second-order valence-electron chi connectivity index (χ2n) is 6.17. The van der Waals surface area contributed by atoms with Crippen LogP contribution in [-0.4, -0.2) is 24.4 Å². The van der Waals surface area contributed by atoms with Crippen LogP contribution in [0.15, 0.2) is 30.3 Å². The highest BCUT2D eigenvalue weighted by Crippen LogP contribution is 2.46. The molecule has 0 bridgehead atoms. The zero-order valence-corrected chi connectivity index (χ0v) is 12.2. The molecule has 2 aliphatic rings. The fraction of sp³-hybridized carbons (Fsp3) is 0.529. The maximum absolute atomic E-state index is 12.2. The molecule has 2 saturated carbocycles. The summed E-state index contributed by atoms with van der Waals surface area (Å²) in [6, 6.07) is 10.5. The SMILES string of the molecule is O=C(NCCCc1ccccc1)C1(C(=O)NC2CC2)CC1. The third-order valence-electron chi connectivity index (χ3n) is 4.30. The van der Waals surface area contributed by atoms with Gasteiger partial charge in [0, 0.05) is 12.6 Å². The Morgan fingerprint density at radius 1 is 1.10 bits per heavy atom. The maximum Gasteiger partial charge on any atom is 0.235 e. The molecule has 2 fully saturated rings. The van der Waals surface area contributed by atoms with E-state index < -0.39 is 5.41 Å². The van der Waals surface area contributed by atoms with Crippen molar-refractivity contribution in [2.75, 3.05) is 6.54 Å². The fourth-order valence-electron chi connectivity index (χ4n) is 2.54. The molecule has 0 spiro atoms. The lowest BCUT2D eigenvalue weighted by molar-refractivity contribution is -0.137. The normalized spacial score (nSPS) is 18.9. The summed E-state index contributed by atoms with van der Waals surface area (Å²) in [6.45, 7) is 0.631. The Balaban J connectivity index is 1.40. The molecule has 0 unspecified atom stereocenters. The third-order valence-corrected chi connectivity index (χ3v) is 4.30. The van der Waals surface area contributed by atoms with Crippen molar-refractivity contribution < 1.29 is 9.59 Å². The highest BCUT2D eigenvalue weighted by Gasteiger charge is 2.56. The monoisotopic (exact) mass is 286 g/mol. The Labute approximate surface area is 125 Å². The zero-order chi connectivity index (χ0) is 14.7. The average molecular weight is 286 g/mol. The van der Waals surface area contributed by atoms with Gasteiger partial charge in [0.2, 0.25) is 11.8 Å². The molecule has 2 N–H and O–H groups in total. The first-order chi connectivity index (χ1) is 10.2. The van der Waals surface area contributed by atoms with Crippen LogP contribution in [0.25, 0.3) is 0 Å². The van der Waals surface area contributed by atoms with Crippen LogP contribution in [0.2, 0.25) is 0 Å². The standard InChI is InChI=1S/C17H22N2O2/c20-15(17(10-11-17)16(21)19-14-8-9-14)18-12-4-7-13-5-2-1-3-6-13/h1-3,5-6,14H,4,7-12H2,(H,18,20)(H,19,21). The number of benzene rings is 1. The summed E-state index contributed by atoms with van der Waals surface area (Å²) >= 11 is 0. The van der Waals surface area contributed by atoms with E-state index >= 15 is 0 Å². The van der Waals surface area contributed by atoms with Crippen molar-refractivity contribution >= 4 is 11.8 Å². The molecule has 4 heteroatoms. The summed E-state index contributed by atoms with van der Waals surface area (Å²) in [5, 5.41) is 5.88. The van der Waals surface area contributed by atoms with E-state index in [1.54, 1.807) is 0 Å². The largest absolute Gasteiger partial charge is 0.355 e. The second kappa shape index (κ2) is 5.88. The molecule has 0 aromatic heterocycles. The molecule has 21 heavy (non-hydrogen) atoms. The van der Waals surface area contributed by atoms with E-state index in [0.29, 0.717) is 25.4 Å². The number of rotatable bonds is 7. The lowest BCUT2D eigenvalue weighted by atomic mass is 10.0. The summed E-state index contributed by atoms with van der Waals surface area (Å²) in [5.41, 5.74) is 0.523. The molecule has 1 aromatic rings. The van der Waals surface area contributed by atoms with E-state index in [-0.39, 0.29) is 11.8 Å². The van der Waals surface area contributed by atoms with E-state index in [2.05, 4.69) is 22.8 Å². The van der Waals surface area contributed by atoms with Gasteiger partial charge in [0.15, 0.2) is 0 Å². The highest BCUT2D eigenvalue weighted by molar-refractivity contribution is 6.08. The molecule has 0 radical (unpaired) electrons. The van der Waals surface area contributed by atoms with Crippen molar-refractivity contribution in [3.63, 3.8) is 0 Å². The third kappa shape index (κ3) is 3.43. The number of aryl methyl sites for hydroxylation is 1. The Kier molecular flexibility index (Phi) is 3.95. The van der Waals surface area contributed by atoms with Crippen LogP contribution in [0.4, 0.5) is 0 Å². The first kappa shape index (κ1) is 14.1. The molecule has 0 saturated heterocycles. The van der Waals surface area contributed by atoms with Gasteiger partial charge in [-0.1, -0.05) is 30.3 Å². The summed E-state index contributed by atoms with van der Waals surface area (Å²) in [5.74, 6) is -0.153. The number of amides is 2. The van der Waals surface area contributed by atoms with Gasteiger partial charge in [-0.05, 0) is 44.1 Å². The summed E-state index contributed by atoms with van der Waals surface area (Å²) in [6.07, 6.45) is 5.34. The predicted molar refractivity (Wildman–Crippen MR) is 80.6 cm³/mol. The van der Waals surface area contributed by atoms with Gasteiger partial charge in [0.25, 0.3) is 0 Å². The summed E-state index contributed by atoms with van der Waals surface area (Å²) < 4.78 is 0. The maximum atomic E-state index is 12.2. The van der Waals surface area contributed by atoms with Crippen molar-refractivity contribution in [2.24, 2.45) is 5.41 Å². The van der Waals surface area contributed by atoms with E-state index in [0.717, 1.165) is 25.7 Å². The highest BCUT2D eigenvalue weighted by atomic mass is 16.2. The van der Waals surface area contributed by atoms with Gasteiger partial charge in [-0.2, -0.15) is 0 Å². The van der Waals surface area contributed by atoms with Crippen molar-refractivity contribution in [3.05, 3.63) is 35.9 Å². The number of carbonyl (C=O) groups is 2. The first-order valence-electron chi connectivity index (χ1n) is 7.84. The molecule has 112 valence electrons. The van der Waals surface area contributed by atoms with E-state index in [4.69, 9.17) is 0 Å². The quantitative estimate of drug-likeness (QED) is 0.593. The van der Waals surface area contributed by atoms with Gasteiger partial charge in [0.05, 0.1) is 0 Å². The van der Waals surface area contributed by atoms with Crippen molar-refractivity contribution in [1.29, 1.82) is 0 Å². The minimum absolute atomic E-state index is 0.0643. The minimum atomic E-state index is -0.755. The van der Waals surface area contributed by atoms with E-state index in [9.17, 15) is 9.59 Å². The molecule has 0 heterocycles. The zero-order valence-electron chi connectivity index (χ0n) is 12.2. The van der Waals surface area contributed by atoms with Crippen LogP contribution >= 0.6 is 0 Å². The van der Waals surface area contributed by atoms with Gasteiger partial charge >= 0.3 is 0 Å².